The molecule has 15 heavy (non-hydrogen) atoms. The van der Waals surface area contributed by atoms with Crippen molar-refractivity contribution in [1.82, 2.24) is 4.90 Å². The summed E-state index contributed by atoms with van der Waals surface area (Å²) in [5.41, 5.74) is 0. The van der Waals surface area contributed by atoms with Gasteiger partial charge < -0.3 is 14.4 Å². The van der Waals surface area contributed by atoms with Gasteiger partial charge in [0.1, 0.15) is 0 Å². The number of nitrogens with zero attached hydrogens (tertiary/aromatic N) is 1. The van der Waals surface area contributed by atoms with Gasteiger partial charge in [-0.05, 0) is 20.9 Å². The molecule has 2 saturated heterocycles. The number of rotatable bonds is 0. The van der Waals surface area contributed by atoms with Crippen LogP contribution in [0.2, 0.25) is 0 Å². The molecule has 2 heterocycles. The number of likely N-dealkylation sites (tertiary alicyclic amines) is 1. The number of likely N-dealkylation sites (N-methyl/N-ethyl adjacent to an activating group) is 1. The predicted octanol–water partition coefficient (Wildman–Crippen LogP) is 1.20. The van der Waals surface area contributed by atoms with E-state index in [-0.39, 0.29) is 63.5 Å². The summed E-state index contributed by atoms with van der Waals surface area (Å²) in [6, 6.07) is 0.429. The van der Waals surface area contributed by atoms with E-state index >= 15 is 0 Å². The molecular weight excluding hydrogens is 306 g/mol. The monoisotopic (exact) mass is 323 g/mol. The molecule has 0 spiro atoms. The summed E-state index contributed by atoms with van der Waals surface area (Å²) in [6.45, 7) is 8.17. The van der Waals surface area contributed by atoms with Crippen LogP contribution in [0.3, 0.4) is 0 Å². The molecule has 3 atom stereocenters. The number of hydrogen-bond acceptors (Lipinski definition) is 3. The fourth-order valence-electron chi connectivity index (χ4n) is 1.86. The van der Waals surface area contributed by atoms with Gasteiger partial charge in [0.25, 0.3) is 0 Å². The molecule has 5 heteroatoms. The van der Waals surface area contributed by atoms with Crippen molar-refractivity contribution in [3.8, 4) is 0 Å². The maximum Gasteiger partial charge on any atom is 0.156 e. The molecule has 3 nitrogen and oxygen atoms in total. The maximum absolute atomic E-state index is 5.74. The van der Waals surface area contributed by atoms with Gasteiger partial charge in [-0.25, -0.2) is 6.54 Å². The van der Waals surface area contributed by atoms with Crippen molar-refractivity contribution in [2.45, 2.75) is 44.8 Å². The Bertz CT molecular complexity index is 196. The van der Waals surface area contributed by atoms with Gasteiger partial charge in [-0.1, -0.05) is 19.1 Å². The molecule has 2 aliphatic rings. The number of hydrogen-bond donors (Lipinski definition) is 0. The summed E-state index contributed by atoms with van der Waals surface area (Å²) in [6.07, 6.45) is 2.41. The third-order valence-corrected chi connectivity index (χ3v) is 2.66. The Kier molecular flexibility index (Phi) is 6.57. The van der Waals surface area contributed by atoms with Crippen LogP contribution in [-0.4, -0.2) is 36.0 Å². The third-order valence-electron chi connectivity index (χ3n) is 2.66. The minimum absolute atomic E-state index is 0. The van der Waals surface area contributed by atoms with E-state index in [1.54, 1.807) is 0 Å². The van der Waals surface area contributed by atoms with E-state index in [4.69, 9.17) is 9.47 Å². The second-order valence-corrected chi connectivity index (χ2v) is 4.31. The van der Waals surface area contributed by atoms with E-state index in [9.17, 15) is 0 Å². The first-order valence-corrected chi connectivity index (χ1v) is 4.75. The number of fused-ring (bicyclic) bond motifs is 1. The zero-order chi connectivity index (χ0) is 9.64. The van der Waals surface area contributed by atoms with E-state index in [1.807, 2.05) is 13.8 Å². The average Bonchev–Trinajstić information content (AvgIpc) is 2.24. The van der Waals surface area contributed by atoms with Crippen molar-refractivity contribution < 1.29 is 60.7 Å². The fourth-order valence-corrected chi connectivity index (χ4v) is 1.86. The Morgan fingerprint density at radius 3 is 2.33 bits per heavy atom. The summed E-state index contributed by atoms with van der Waals surface area (Å²) < 4.78 is 11.5. The van der Waals surface area contributed by atoms with Gasteiger partial charge in [0.05, 0.1) is 0 Å². The molecule has 2 aliphatic heterocycles. The van der Waals surface area contributed by atoms with E-state index in [2.05, 4.69) is 31.8 Å². The summed E-state index contributed by atoms with van der Waals surface area (Å²) in [5.74, 6) is -0.437. The standard InChI is InChI=1S/C10H17NO2.V.Y/c1-7-5-8-9(6-11(7)4)13-10(2,3)12-8;;/h5-9H,1-4H3;;/q-2;;. The van der Waals surface area contributed by atoms with Crippen LogP contribution < -0.4 is 0 Å². The zero-order valence-electron chi connectivity index (χ0n) is 9.68. The molecule has 0 N–H and O–H groups in total. The van der Waals surface area contributed by atoms with Crippen molar-refractivity contribution >= 4 is 0 Å². The Morgan fingerprint density at radius 2 is 1.73 bits per heavy atom. The molecule has 84 valence electrons. The van der Waals surface area contributed by atoms with Gasteiger partial charge in [-0.2, -0.15) is 0 Å². The van der Waals surface area contributed by atoms with Crippen molar-refractivity contribution in [2.75, 3.05) is 7.05 Å². The minimum Gasteiger partial charge on any atom is -0.479 e. The topological polar surface area (TPSA) is 21.7 Å². The van der Waals surface area contributed by atoms with Crippen LogP contribution >= 0.6 is 0 Å². The molecule has 0 aromatic rings. The molecule has 0 amide bonds. The van der Waals surface area contributed by atoms with Gasteiger partial charge in [-0.3, -0.25) is 6.42 Å². The van der Waals surface area contributed by atoms with Crippen molar-refractivity contribution in [3.05, 3.63) is 13.0 Å². The minimum atomic E-state index is -0.437. The molecule has 0 bridgehead atoms. The van der Waals surface area contributed by atoms with Crippen LogP contribution in [0.15, 0.2) is 0 Å². The summed E-state index contributed by atoms with van der Waals surface area (Å²) in [5, 5.41) is 0. The predicted molar refractivity (Wildman–Crippen MR) is 49.7 cm³/mol. The molecule has 0 aromatic heterocycles. The van der Waals surface area contributed by atoms with Crippen molar-refractivity contribution in [3.63, 3.8) is 0 Å². The molecule has 3 unspecified atom stereocenters. The van der Waals surface area contributed by atoms with Gasteiger partial charge in [0.15, 0.2) is 5.79 Å². The van der Waals surface area contributed by atoms with Crippen LogP contribution in [0.25, 0.3) is 0 Å². The molecule has 2 fully saturated rings. The van der Waals surface area contributed by atoms with Crippen LogP contribution in [0.5, 0.6) is 0 Å². The summed E-state index contributed by atoms with van der Waals surface area (Å²) in [7, 11) is 2.06. The van der Waals surface area contributed by atoms with Crippen LogP contribution in [0, 0.1) is 13.0 Å². The first kappa shape index (κ1) is 16.6. The normalized spacial score (nSPS) is 38.8. The second kappa shape index (κ2) is 5.95. The molecule has 2 rings (SSSR count). The summed E-state index contributed by atoms with van der Waals surface area (Å²) >= 11 is 0. The van der Waals surface area contributed by atoms with Gasteiger partial charge >= 0.3 is 0 Å². The summed E-state index contributed by atoms with van der Waals surface area (Å²) in [4.78, 5) is 2.16. The van der Waals surface area contributed by atoms with Gasteiger partial charge in [-0.15, -0.1) is 6.04 Å². The second-order valence-electron chi connectivity index (χ2n) is 4.31. The smallest absolute Gasteiger partial charge is 0.156 e. The Hall–Kier alpha value is 1.57. The van der Waals surface area contributed by atoms with Crippen LogP contribution in [0.4, 0.5) is 0 Å². The van der Waals surface area contributed by atoms with E-state index in [0.717, 1.165) is 0 Å². The third kappa shape index (κ3) is 3.77. The SMILES string of the molecule is CC1[CH-]C2OC(C)(C)OC2[CH-]N1C.[V].[Y]. The van der Waals surface area contributed by atoms with Crippen LogP contribution in [-0.2, 0) is 60.7 Å². The molecule has 0 saturated carbocycles. The Balaban J connectivity index is 0.000000980. The molecule has 2 radical (unpaired) electrons. The Morgan fingerprint density at radius 1 is 1.20 bits per heavy atom. The number of ether oxygens (including phenoxy) is 2. The number of piperidine rings is 1. The average molecular weight is 323 g/mol. The Labute approximate surface area is 129 Å². The zero-order valence-corrected chi connectivity index (χ0v) is 13.9. The first-order chi connectivity index (χ1) is 5.98. The quantitative estimate of drug-likeness (QED) is 0.626. The van der Waals surface area contributed by atoms with Gasteiger partial charge in [0, 0.05) is 51.3 Å². The molecular formula is C10H17NO2VY-2. The fraction of sp³-hybridized carbons (Fsp3) is 0.800. The first-order valence-electron chi connectivity index (χ1n) is 4.75. The van der Waals surface area contributed by atoms with Gasteiger partial charge in [0.2, 0.25) is 0 Å². The molecule has 0 aromatic carbocycles. The van der Waals surface area contributed by atoms with Crippen molar-refractivity contribution in [2.24, 2.45) is 0 Å². The maximum atomic E-state index is 5.74. The molecule has 0 aliphatic carbocycles. The van der Waals surface area contributed by atoms with Crippen LogP contribution in [0.1, 0.15) is 20.8 Å². The largest absolute Gasteiger partial charge is 0.479 e. The van der Waals surface area contributed by atoms with E-state index in [0.29, 0.717) is 6.04 Å². The van der Waals surface area contributed by atoms with Crippen molar-refractivity contribution in [1.29, 1.82) is 0 Å². The van der Waals surface area contributed by atoms with E-state index in [1.165, 1.54) is 0 Å². The van der Waals surface area contributed by atoms with E-state index < -0.39 is 5.79 Å².